The van der Waals surface area contributed by atoms with E-state index in [0.29, 0.717) is 13.2 Å². The lowest BCUT2D eigenvalue weighted by atomic mass is 10.0. The number of benzene rings is 1. The number of hydrogen-bond donors (Lipinski definition) is 1. The highest BCUT2D eigenvalue weighted by Gasteiger charge is 2.28. The fraction of sp³-hybridized carbons (Fsp3) is 0.500. The zero-order chi connectivity index (χ0) is 13.2. The number of hydrogen-bond acceptors (Lipinski definition) is 4. The molecule has 0 bridgehead atoms. The molecule has 1 saturated heterocycles. The van der Waals surface area contributed by atoms with Gasteiger partial charge in [-0.3, -0.25) is 0 Å². The Hall–Kier alpha value is -0.980. The molecule has 1 heterocycles. The van der Waals surface area contributed by atoms with E-state index in [1.54, 1.807) is 0 Å². The standard InChI is InChI=1S/C12H16FNO3S/c13-10-2-1-3-11(6-10)18(15,16)8-12(14)9-4-5-17-7-9/h1-3,6,9,12H,4-5,7-8,14H2. The summed E-state index contributed by atoms with van der Waals surface area (Å²) in [5.41, 5.74) is 5.89. The minimum absolute atomic E-state index is 0.0168. The van der Waals surface area contributed by atoms with Crippen LogP contribution >= 0.6 is 0 Å². The van der Waals surface area contributed by atoms with Gasteiger partial charge in [-0.25, -0.2) is 12.8 Å². The summed E-state index contributed by atoms with van der Waals surface area (Å²) in [5, 5.41) is 0. The largest absolute Gasteiger partial charge is 0.381 e. The zero-order valence-electron chi connectivity index (χ0n) is 9.88. The van der Waals surface area contributed by atoms with Crippen molar-refractivity contribution in [3.05, 3.63) is 30.1 Å². The highest BCUT2D eigenvalue weighted by molar-refractivity contribution is 7.91. The monoisotopic (exact) mass is 273 g/mol. The van der Waals surface area contributed by atoms with E-state index in [2.05, 4.69) is 0 Å². The van der Waals surface area contributed by atoms with Gasteiger partial charge in [0.2, 0.25) is 0 Å². The summed E-state index contributed by atoms with van der Waals surface area (Å²) in [7, 11) is -3.54. The Balaban J connectivity index is 2.11. The molecule has 6 heteroatoms. The van der Waals surface area contributed by atoms with E-state index < -0.39 is 21.7 Å². The van der Waals surface area contributed by atoms with Crippen LogP contribution in [0.4, 0.5) is 4.39 Å². The Bertz CT molecular complexity index is 512. The lowest BCUT2D eigenvalue weighted by molar-refractivity contribution is 0.182. The topological polar surface area (TPSA) is 69.4 Å². The maximum absolute atomic E-state index is 13.0. The van der Waals surface area contributed by atoms with Gasteiger partial charge < -0.3 is 10.5 Å². The zero-order valence-corrected chi connectivity index (χ0v) is 10.7. The van der Waals surface area contributed by atoms with Crippen LogP contribution in [-0.4, -0.2) is 33.4 Å². The summed E-state index contributed by atoms with van der Waals surface area (Å²) >= 11 is 0. The van der Waals surface area contributed by atoms with E-state index in [1.165, 1.54) is 18.2 Å². The predicted octanol–water partition coefficient (Wildman–Crippen LogP) is 0.963. The van der Waals surface area contributed by atoms with Gasteiger partial charge in [0.15, 0.2) is 9.84 Å². The Morgan fingerprint density at radius 1 is 1.50 bits per heavy atom. The van der Waals surface area contributed by atoms with Crippen molar-refractivity contribution in [3.63, 3.8) is 0 Å². The molecule has 1 fully saturated rings. The first-order chi connectivity index (χ1) is 8.49. The molecule has 1 aromatic rings. The molecule has 1 aromatic carbocycles. The van der Waals surface area contributed by atoms with E-state index in [9.17, 15) is 12.8 Å². The highest BCUT2D eigenvalue weighted by Crippen LogP contribution is 2.20. The first-order valence-electron chi connectivity index (χ1n) is 5.81. The molecule has 0 spiro atoms. The molecule has 2 rings (SSSR count). The second-order valence-electron chi connectivity index (χ2n) is 4.53. The van der Waals surface area contributed by atoms with E-state index in [1.807, 2.05) is 0 Å². The number of halogens is 1. The van der Waals surface area contributed by atoms with Crippen molar-refractivity contribution in [2.45, 2.75) is 17.4 Å². The lowest BCUT2D eigenvalue weighted by Crippen LogP contribution is -2.37. The van der Waals surface area contributed by atoms with Gasteiger partial charge in [0.25, 0.3) is 0 Å². The summed E-state index contributed by atoms with van der Waals surface area (Å²) in [6, 6.07) is 4.53. The van der Waals surface area contributed by atoms with Crippen molar-refractivity contribution >= 4 is 9.84 Å². The Kier molecular flexibility index (Phi) is 3.99. The van der Waals surface area contributed by atoms with Crippen LogP contribution in [0, 0.1) is 11.7 Å². The molecule has 1 aliphatic heterocycles. The van der Waals surface area contributed by atoms with Crippen molar-refractivity contribution in [1.29, 1.82) is 0 Å². The molecule has 0 radical (unpaired) electrons. The van der Waals surface area contributed by atoms with Crippen LogP contribution in [0.1, 0.15) is 6.42 Å². The molecule has 0 saturated carbocycles. The maximum atomic E-state index is 13.0. The summed E-state index contributed by atoms with van der Waals surface area (Å²) in [6.45, 7) is 1.12. The van der Waals surface area contributed by atoms with Gasteiger partial charge in [-0.2, -0.15) is 0 Å². The van der Waals surface area contributed by atoms with Crippen LogP contribution < -0.4 is 5.73 Å². The third-order valence-corrected chi connectivity index (χ3v) is 4.93. The quantitative estimate of drug-likeness (QED) is 0.887. The first kappa shape index (κ1) is 13.5. The number of ether oxygens (including phenoxy) is 1. The third kappa shape index (κ3) is 3.07. The third-order valence-electron chi connectivity index (χ3n) is 3.14. The van der Waals surface area contributed by atoms with Gasteiger partial charge in [-0.1, -0.05) is 6.07 Å². The molecule has 0 amide bonds. The van der Waals surface area contributed by atoms with Crippen LogP contribution in [-0.2, 0) is 14.6 Å². The summed E-state index contributed by atoms with van der Waals surface area (Å²) < 4.78 is 42.3. The SMILES string of the molecule is NC(CS(=O)(=O)c1cccc(F)c1)C1CCOC1. The molecule has 18 heavy (non-hydrogen) atoms. The lowest BCUT2D eigenvalue weighted by Gasteiger charge is -2.17. The minimum Gasteiger partial charge on any atom is -0.381 e. The molecular formula is C12H16FNO3S. The van der Waals surface area contributed by atoms with Gasteiger partial charge >= 0.3 is 0 Å². The fourth-order valence-corrected chi connectivity index (χ4v) is 3.59. The molecule has 1 aliphatic rings. The average Bonchev–Trinajstić information content (AvgIpc) is 2.82. The van der Waals surface area contributed by atoms with E-state index in [0.717, 1.165) is 12.5 Å². The van der Waals surface area contributed by atoms with Gasteiger partial charge in [-0.05, 0) is 24.6 Å². The van der Waals surface area contributed by atoms with Crippen LogP contribution in [0.3, 0.4) is 0 Å². The molecule has 0 aliphatic carbocycles. The fourth-order valence-electron chi connectivity index (χ4n) is 2.04. The second kappa shape index (κ2) is 5.34. The molecule has 100 valence electrons. The normalized spacial score (nSPS) is 22.0. The van der Waals surface area contributed by atoms with E-state index in [-0.39, 0.29) is 16.6 Å². The van der Waals surface area contributed by atoms with Gasteiger partial charge in [0.05, 0.1) is 17.3 Å². The number of rotatable bonds is 4. The van der Waals surface area contributed by atoms with Gasteiger partial charge in [0.1, 0.15) is 5.82 Å². The highest BCUT2D eigenvalue weighted by atomic mass is 32.2. The van der Waals surface area contributed by atoms with Crippen LogP contribution in [0.25, 0.3) is 0 Å². The van der Waals surface area contributed by atoms with Crippen LogP contribution in [0.5, 0.6) is 0 Å². The second-order valence-corrected chi connectivity index (χ2v) is 6.56. The minimum atomic E-state index is -3.54. The van der Waals surface area contributed by atoms with Crippen LogP contribution in [0.15, 0.2) is 29.2 Å². The van der Waals surface area contributed by atoms with E-state index >= 15 is 0 Å². The molecule has 0 aromatic heterocycles. The van der Waals surface area contributed by atoms with Gasteiger partial charge in [0, 0.05) is 18.6 Å². The molecule has 2 unspecified atom stereocenters. The maximum Gasteiger partial charge on any atom is 0.180 e. The van der Waals surface area contributed by atoms with Crippen molar-refractivity contribution in [1.82, 2.24) is 0 Å². The number of nitrogens with two attached hydrogens (primary N) is 1. The Morgan fingerprint density at radius 3 is 2.89 bits per heavy atom. The van der Waals surface area contributed by atoms with Crippen LogP contribution in [0.2, 0.25) is 0 Å². The Morgan fingerprint density at radius 2 is 2.28 bits per heavy atom. The van der Waals surface area contributed by atoms with Crippen molar-refractivity contribution in [2.24, 2.45) is 11.7 Å². The summed E-state index contributed by atoms with van der Waals surface area (Å²) in [4.78, 5) is -0.0168. The molecule has 2 N–H and O–H groups in total. The van der Waals surface area contributed by atoms with Crippen molar-refractivity contribution < 1.29 is 17.5 Å². The van der Waals surface area contributed by atoms with Crippen molar-refractivity contribution in [3.8, 4) is 0 Å². The Labute approximate surface area is 106 Å². The number of sulfone groups is 1. The smallest absolute Gasteiger partial charge is 0.180 e. The predicted molar refractivity (Wildman–Crippen MR) is 65.4 cm³/mol. The van der Waals surface area contributed by atoms with Gasteiger partial charge in [-0.15, -0.1) is 0 Å². The molecule has 4 nitrogen and oxygen atoms in total. The molecular weight excluding hydrogens is 257 g/mol. The summed E-state index contributed by atoms with van der Waals surface area (Å²) in [5.74, 6) is -0.674. The average molecular weight is 273 g/mol. The molecule has 2 atom stereocenters. The van der Waals surface area contributed by atoms with E-state index in [4.69, 9.17) is 10.5 Å². The first-order valence-corrected chi connectivity index (χ1v) is 7.46. The van der Waals surface area contributed by atoms with Crippen molar-refractivity contribution in [2.75, 3.05) is 19.0 Å². The summed E-state index contributed by atoms with van der Waals surface area (Å²) in [6.07, 6.45) is 0.778.